The molecule has 6 rings (SSSR count). The highest BCUT2D eigenvalue weighted by Crippen LogP contribution is 2.47. The smallest absolute Gasteiger partial charge is 0.250 e. The molecule has 3 fully saturated rings. The zero-order valence-corrected chi connectivity index (χ0v) is 19.7. The van der Waals surface area contributed by atoms with Crippen molar-refractivity contribution in [2.24, 2.45) is 11.8 Å². The van der Waals surface area contributed by atoms with Crippen LogP contribution in [0.1, 0.15) is 36.8 Å². The normalized spacial score (nSPS) is 28.5. The molecule has 1 saturated carbocycles. The predicted molar refractivity (Wildman–Crippen MR) is 132 cm³/mol. The van der Waals surface area contributed by atoms with Crippen LogP contribution in [-0.4, -0.2) is 55.1 Å². The quantitative estimate of drug-likeness (QED) is 0.709. The van der Waals surface area contributed by atoms with E-state index >= 15 is 0 Å². The van der Waals surface area contributed by atoms with E-state index in [1.165, 1.54) is 11.1 Å². The SMILES string of the molecule is O=C1CCN1[C@]1(C(=O)Nc2ccc(N3CCOCC3)cc2)CC[C@H]2Cc3ccccc3C[C@@H]2C1. The zero-order chi connectivity index (χ0) is 23.1. The van der Waals surface area contributed by atoms with E-state index in [4.69, 9.17) is 4.74 Å². The number of morpholine rings is 1. The van der Waals surface area contributed by atoms with Gasteiger partial charge in [0.2, 0.25) is 11.8 Å². The van der Waals surface area contributed by atoms with Crippen LogP contribution < -0.4 is 10.2 Å². The lowest BCUT2D eigenvalue weighted by Crippen LogP contribution is -2.66. The van der Waals surface area contributed by atoms with Gasteiger partial charge in [0.05, 0.1) is 13.2 Å². The van der Waals surface area contributed by atoms with E-state index in [0.29, 0.717) is 24.8 Å². The van der Waals surface area contributed by atoms with Gasteiger partial charge in [-0.05, 0) is 79.3 Å². The van der Waals surface area contributed by atoms with Crippen LogP contribution in [0.25, 0.3) is 0 Å². The molecule has 4 aliphatic rings. The zero-order valence-electron chi connectivity index (χ0n) is 19.7. The summed E-state index contributed by atoms with van der Waals surface area (Å²) in [5.41, 5.74) is 4.08. The van der Waals surface area contributed by atoms with Crippen LogP contribution in [0.3, 0.4) is 0 Å². The van der Waals surface area contributed by atoms with E-state index in [1.54, 1.807) is 0 Å². The summed E-state index contributed by atoms with van der Waals surface area (Å²) < 4.78 is 5.45. The molecule has 3 atom stereocenters. The number of ether oxygens (including phenoxy) is 1. The Morgan fingerprint density at radius 1 is 0.941 bits per heavy atom. The Labute approximate surface area is 201 Å². The Morgan fingerprint density at radius 2 is 1.65 bits per heavy atom. The first kappa shape index (κ1) is 21.7. The van der Waals surface area contributed by atoms with Crippen molar-refractivity contribution in [2.75, 3.05) is 43.1 Å². The van der Waals surface area contributed by atoms with Crippen molar-refractivity contribution in [1.29, 1.82) is 0 Å². The Morgan fingerprint density at radius 3 is 2.29 bits per heavy atom. The molecule has 34 heavy (non-hydrogen) atoms. The van der Waals surface area contributed by atoms with Crippen LogP contribution in [-0.2, 0) is 27.2 Å². The molecular weight excluding hydrogens is 426 g/mol. The molecule has 2 heterocycles. The summed E-state index contributed by atoms with van der Waals surface area (Å²) >= 11 is 0. The van der Waals surface area contributed by atoms with E-state index in [2.05, 4.69) is 46.6 Å². The Hall–Kier alpha value is -2.86. The maximum absolute atomic E-state index is 13.8. The highest BCUT2D eigenvalue weighted by Gasteiger charge is 2.54. The van der Waals surface area contributed by atoms with Gasteiger partial charge in [0, 0.05) is 37.4 Å². The molecule has 6 heteroatoms. The average Bonchev–Trinajstić information content (AvgIpc) is 2.87. The number of carbonyl (C=O) groups is 2. The molecule has 1 N–H and O–H groups in total. The van der Waals surface area contributed by atoms with Crippen molar-refractivity contribution in [3.8, 4) is 0 Å². The minimum absolute atomic E-state index is 0.0167. The molecule has 2 saturated heterocycles. The highest BCUT2D eigenvalue weighted by molar-refractivity contribution is 6.01. The van der Waals surface area contributed by atoms with Crippen LogP contribution in [0.2, 0.25) is 0 Å². The Bertz CT molecular complexity index is 1080. The van der Waals surface area contributed by atoms with Crippen LogP contribution >= 0.6 is 0 Å². The van der Waals surface area contributed by atoms with Gasteiger partial charge in [-0.15, -0.1) is 0 Å². The average molecular weight is 460 g/mol. The number of hydrogen-bond acceptors (Lipinski definition) is 4. The lowest BCUT2D eigenvalue weighted by molar-refractivity contribution is -0.159. The fourth-order valence-electron chi connectivity index (χ4n) is 6.56. The number of β-lactam (4-membered cyclic amide) rings is 1. The van der Waals surface area contributed by atoms with Gasteiger partial charge in [0.25, 0.3) is 0 Å². The lowest BCUT2D eigenvalue weighted by atomic mass is 9.62. The molecule has 0 unspecified atom stereocenters. The predicted octanol–water partition coefficient (Wildman–Crippen LogP) is 3.65. The number of carbonyl (C=O) groups excluding carboxylic acids is 2. The summed E-state index contributed by atoms with van der Waals surface area (Å²) in [7, 11) is 0. The molecule has 2 aromatic rings. The van der Waals surface area contributed by atoms with Crippen molar-refractivity contribution in [3.05, 3.63) is 59.7 Å². The van der Waals surface area contributed by atoms with Crippen molar-refractivity contribution in [1.82, 2.24) is 4.90 Å². The van der Waals surface area contributed by atoms with E-state index < -0.39 is 5.54 Å². The van der Waals surface area contributed by atoms with Crippen molar-refractivity contribution >= 4 is 23.2 Å². The molecule has 6 nitrogen and oxygen atoms in total. The van der Waals surface area contributed by atoms with Crippen molar-refractivity contribution in [3.63, 3.8) is 0 Å². The molecule has 0 spiro atoms. The number of amides is 2. The largest absolute Gasteiger partial charge is 0.378 e. The molecule has 2 aromatic carbocycles. The van der Waals surface area contributed by atoms with Crippen LogP contribution in [0, 0.1) is 11.8 Å². The molecule has 0 aromatic heterocycles. The second-order valence-corrected chi connectivity index (χ2v) is 10.4. The number of benzene rings is 2. The first-order chi connectivity index (χ1) is 16.6. The van der Waals surface area contributed by atoms with Crippen molar-refractivity contribution in [2.45, 2.75) is 44.1 Å². The van der Waals surface area contributed by atoms with E-state index in [1.807, 2.05) is 17.0 Å². The number of nitrogens with zero attached hydrogens (tertiary/aromatic N) is 2. The van der Waals surface area contributed by atoms with E-state index in [9.17, 15) is 9.59 Å². The molecule has 178 valence electrons. The van der Waals surface area contributed by atoms with Gasteiger partial charge in [0.15, 0.2) is 0 Å². The number of hydrogen-bond donors (Lipinski definition) is 1. The third-order valence-electron chi connectivity index (χ3n) is 8.57. The molecule has 2 aliphatic carbocycles. The molecule has 2 aliphatic heterocycles. The number of nitrogens with one attached hydrogen (secondary N) is 1. The summed E-state index contributed by atoms with van der Waals surface area (Å²) in [5, 5.41) is 3.19. The summed E-state index contributed by atoms with van der Waals surface area (Å²) in [6.07, 6.45) is 5.16. The molecular formula is C28H33N3O3. The standard InChI is InChI=1S/C28H33N3O3/c32-26-10-12-31(26)28(11-9-22-17-20-3-1-2-4-21(20)18-23(22)19-28)27(33)29-24-5-7-25(8-6-24)30-13-15-34-16-14-30/h1-8,22-23H,9-19H2,(H,29,33)/t22-,23+,28+/m0/s1. The van der Waals surface area contributed by atoms with Crippen LogP contribution in [0.4, 0.5) is 11.4 Å². The first-order valence-corrected chi connectivity index (χ1v) is 12.7. The summed E-state index contributed by atoms with van der Waals surface area (Å²) in [5.74, 6) is 1.14. The Kier molecular flexibility index (Phi) is 5.56. The second kappa shape index (κ2) is 8.73. The molecule has 2 amide bonds. The van der Waals surface area contributed by atoms with Crippen molar-refractivity contribution < 1.29 is 14.3 Å². The minimum atomic E-state index is -0.730. The van der Waals surface area contributed by atoms with Gasteiger partial charge < -0.3 is 19.9 Å². The van der Waals surface area contributed by atoms with E-state index in [0.717, 1.165) is 69.8 Å². The lowest BCUT2D eigenvalue weighted by Gasteiger charge is -2.53. The number of likely N-dealkylation sites (tertiary alicyclic amines) is 1. The fourth-order valence-corrected chi connectivity index (χ4v) is 6.56. The summed E-state index contributed by atoms with van der Waals surface area (Å²) in [4.78, 5) is 30.6. The molecule has 0 bridgehead atoms. The number of rotatable bonds is 4. The number of anilines is 2. The minimum Gasteiger partial charge on any atom is -0.378 e. The van der Waals surface area contributed by atoms with Gasteiger partial charge in [-0.25, -0.2) is 0 Å². The van der Waals surface area contributed by atoms with E-state index in [-0.39, 0.29) is 11.8 Å². The maximum Gasteiger partial charge on any atom is 0.250 e. The van der Waals surface area contributed by atoms with Gasteiger partial charge in [-0.3, -0.25) is 9.59 Å². The maximum atomic E-state index is 13.8. The third-order valence-corrected chi connectivity index (χ3v) is 8.57. The monoisotopic (exact) mass is 459 g/mol. The third kappa shape index (κ3) is 3.78. The van der Waals surface area contributed by atoms with Crippen LogP contribution in [0.15, 0.2) is 48.5 Å². The molecule has 0 radical (unpaired) electrons. The second-order valence-electron chi connectivity index (χ2n) is 10.4. The van der Waals surface area contributed by atoms with Gasteiger partial charge in [-0.2, -0.15) is 0 Å². The van der Waals surface area contributed by atoms with Gasteiger partial charge in [0.1, 0.15) is 5.54 Å². The fraction of sp³-hybridized carbons (Fsp3) is 0.500. The first-order valence-electron chi connectivity index (χ1n) is 12.7. The topological polar surface area (TPSA) is 61.9 Å². The van der Waals surface area contributed by atoms with Gasteiger partial charge in [-0.1, -0.05) is 24.3 Å². The van der Waals surface area contributed by atoms with Gasteiger partial charge >= 0.3 is 0 Å². The highest BCUT2D eigenvalue weighted by atomic mass is 16.5. The summed E-state index contributed by atoms with van der Waals surface area (Å²) in [6.45, 7) is 3.96. The Balaban J connectivity index is 1.21. The number of fused-ring (bicyclic) bond motifs is 2. The summed E-state index contributed by atoms with van der Waals surface area (Å²) in [6, 6.07) is 16.8. The van der Waals surface area contributed by atoms with Crippen LogP contribution in [0.5, 0.6) is 0 Å².